The van der Waals surface area contributed by atoms with Gasteiger partial charge in [-0.05, 0) is 29.4 Å². The van der Waals surface area contributed by atoms with Gasteiger partial charge in [0.05, 0.1) is 6.10 Å². The fourth-order valence-electron chi connectivity index (χ4n) is 3.00. The standard InChI is InChI=1S/C19H30N2O2/c1-14(22)21-11-9-17(10-12-21)20-13-18(23)15-5-7-16(8-6-15)19(2,3)4/h5-8,17-18,20,23H,9-13H2,1-4H3. The Balaban J connectivity index is 1.81. The van der Waals surface area contributed by atoms with Crippen LogP contribution in [-0.4, -0.2) is 41.6 Å². The molecule has 0 bridgehead atoms. The summed E-state index contributed by atoms with van der Waals surface area (Å²) in [6.07, 6.45) is 1.42. The lowest BCUT2D eigenvalue weighted by atomic mass is 9.86. The Morgan fingerprint density at radius 1 is 1.26 bits per heavy atom. The molecule has 0 saturated carbocycles. The van der Waals surface area contributed by atoms with E-state index in [0.717, 1.165) is 31.5 Å². The normalized spacial score (nSPS) is 18.0. The third-order valence-corrected chi connectivity index (χ3v) is 4.70. The Labute approximate surface area is 139 Å². The van der Waals surface area contributed by atoms with Crippen molar-refractivity contribution in [3.8, 4) is 0 Å². The second kappa shape index (κ2) is 7.45. The molecule has 1 saturated heterocycles. The molecule has 2 N–H and O–H groups in total. The van der Waals surface area contributed by atoms with Gasteiger partial charge in [0, 0.05) is 32.6 Å². The Morgan fingerprint density at radius 3 is 2.30 bits per heavy atom. The molecule has 4 heteroatoms. The number of aliphatic hydroxyl groups is 1. The van der Waals surface area contributed by atoms with Crippen LogP contribution in [0.25, 0.3) is 0 Å². The van der Waals surface area contributed by atoms with Gasteiger partial charge in [-0.25, -0.2) is 0 Å². The van der Waals surface area contributed by atoms with Crippen LogP contribution >= 0.6 is 0 Å². The van der Waals surface area contributed by atoms with Crippen LogP contribution in [0.2, 0.25) is 0 Å². The van der Waals surface area contributed by atoms with Gasteiger partial charge in [-0.15, -0.1) is 0 Å². The van der Waals surface area contributed by atoms with E-state index in [1.54, 1.807) is 6.92 Å². The molecule has 0 aromatic heterocycles. The minimum absolute atomic E-state index is 0.131. The maximum absolute atomic E-state index is 11.3. The van der Waals surface area contributed by atoms with E-state index < -0.39 is 6.10 Å². The average Bonchev–Trinajstić information content (AvgIpc) is 2.52. The highest BCUT2D eigenvalue weighted by molar-refractivity contribution is 5.73. The van der Waals surface area contributed by atoms with Gasteiger partial charge in [0.25, 0.3) is 0 Å². The molecule has 4 nitrogen and oxygen atoms in total. The van der Waals surface area contributed by atoms with E-state index in [-0.39, 0.29) is 11.3 Å². The summed E-state index contributed by atoms with van der Waals surface area (Å²) in [5, 5.41) is 13.8. The Bertz CT molecular complexity index is 511. The van der Waals surface area contributed by atoms with Crippen molar-refractivity contribution in [1.29, 1.82) is 0 Å². The van der Waals surface area contributed by atoms with E-state index in [9.17, 15) is 9.90 Å². The topological polar surface area (TPSA) is 52.6 Å². The largest absolute Gasteiger partial charge is 0.387 e. The molecule has 23 heavy (non-hydrogen) atoms. The van der Waals surface area contributed by atoms with Crippen molar-refractivity contribution < 1.29 is 9.90 Å². The number of hydrogen-bond donors (Lipinski definition) is 2. The Morgan fingerprint density at radius 2 is 1.83 bits per heavy atom. The quantitative estimate of drug-likeness (QED) is 0.897. The van der Waals surface area contributed by atoms with Gasteiger partial charge < -0.3 is 15.3 Å². The van der Waals surface area contributed by atoms with Crippen LogP contribution in [0.4, 0.5) is 0 Å². The third-order valence-electron chi connectivity index (χ3n) is 4.70. The third kappa shape index (κ3) is 5.05. The zero-order valence-electron chi connectivity index (χ0n) is 14.8. The first-order chi connectivity index (χ1) is 10.8. The van der Waals surface area contributed by atoms with Crippen LogP contribution in [0.1, 0.15) is 57.8 Å². The van der Waals surface area contributed by atoms with Crippen LogP contribution in [-0.2, 0) is 10.2 Å². The van der Waals surface area contributed by atoms with Gasteiger partial charge in [-0.2, -0.15) is 0 Å². The van der Waals surface area contributed by atoms with E-state index in [1.807, 2.05) is 17.0 Å². The van der Waals surface area contributed by atoms with Gasteiger partial charge in [0.1, 0.15) is 0 Å². The van der Waals surface area contributed by atoms with Crippen molar-refractivity contribution in [1.82, 2.24) is 10.2 Å². The maximum Gasteiger partial charge on any atom is 0.219 e. The van der Waals surface area contributed by atoms with Crippen molar-refractivity contribution in [2.24, 2.45) is 0 Å². The van der Waals surface area contributed by atoms with Crippen molar-refractivity contribution in [3.63, 3.8) is 0 Å². The number of amides is 1. The zero-order valence-corrected chi connectivity index (χ0v) is 14.8. The molecule has 0 radical (unpaired) electrons. The van der Waals surface area contributed by atoms with Crippen LogP contribution in [0.3, 0.4) is 0 Å². The second-order valence-corrected chi connectivity index (χ2v) is 7.58. The van der Waals surface area contributed by atoms with Crippen molar-refractivity contribution in [2.75, 3.05) is 19.6 Å². The van der Waals surface area contributed by atoms with Gasteiger partial charge >= 0.3 is 0 Å². The molecule has 1 fully saturated rings. The number of aliphatic hydroxyl groups excluding tert-OH is 1. The lowest BCUT2D eigenvalue weighted by Gasteiger charge is -2.32. The predicted molar refractivity (Wildman–Crippen MR) is 93.4 cm³/mol. The summed E-state index contributed by atoms with van der Waals surface area (Å²) >= 11 is 0. The number of likely N-dealkylation sites (tertiary alicyclic amines) is 1. The number of hydrogen-bond acceptors (Lipinski definition) is 3. The summed E-state index contributed by atoms with van der Waals surface area (Å²) in [4.78, 5) is 13.2. The van der Waals surface area contributed by atoms with E-state index in [0.29, 0.717) is 12.6 Å². The summed E-state index contributed by atoms with van der Waals surface area (Å²) in [6, 6.07) is 8.62. The van der Waals surface area contributed by atoms with E-state index >= 15 is 0 Å². The maximum atomic E-state index is 11.3. The van der Waals surface area contributed by atoms with Gasteiger partial charge in [0.15, 0.2) is 0 Å². The summed E-state index contributed by atoms with van der Waals surface area (Å²) < 4.78 is 0. The fraction of sp³-hybridized carbons (Fsp3) is 0.632. The first kappa shape index (κ1) is 18.0. The Hall–Kier alpha value is -1.39. The van der Waals surface area contributed by atoms with Crippen LogP contribution in [0.15, 0.2) is 24.3 Å². The molecule has 1 atom stereocenters. The second-order valence-electron chi connectivity index (χ2n) is 7.58. The molecule has 1 aliphatic rings. The SMILES string of the molecule is CC(=O)N1CCC(NCC(O)c2ccc(C(C)(C)C)cc2)CC1. The first-order valence-corrected chi connectivity index (χ1v) is 8.55. The molecule has 1 unspecified atom stereocenters. The van der Waals surface area contributed by atoms with Crippen molar-refractivity contribution in [2.45, 2.75) is 58.1 Å². The molecule has 128 valence electrons. The number of piperidine rings is 1. The predicted octanol–water partition coefficient (Wildman–Crippen LogP) is 2.62. The van der Waals surface area contributed by atoms with E-state index in [4.69, 9.17) is 0 Å². The molecule has 1 amide bonds. The lowest BCUT2D eigenvalue weighted by molar-refractivity contribution is -0.129. The van der Waals surface area contributed by atoms with Gasteiger partial charge in [-0.1, -0.05) is 45.0 Å². The van der Waals surface area contributed by atoms with E-state index in [2.05, 4.69) is 38.2 Å². The lowest BCUT2D eigenvalue weighted by Crippen LogP contribution is -2.45. The first-order valence-electron chi connectivity index (χ1n) is 8.55. The van der Waals surface area contributed by atoms with Crippen molar-refractivity contribution in [3.05, 3.63) is 35.4 Å². The molecule has 1 heterocycles. The highest BCUT2D eigenvalue weighted by Crippen LogP contribution is 2.24. The average molecular weight is 318 g/mol. The number of carbonyl (C=O) groups excluding carboxylic acids is 1. The molecule has 0 spiro atoms. The highest BCUT2D eigenvalue weighted by atomic mass is 16.3. The Kier molecular flexibility index (Phi) is 5.82. The zero-order chi connectivity index (χ0) is 17.0. The molecular formula is C19H30N2O2. The highest BCUT2D eigenvalue weighted by Gasteiger charge is 2.21. The monoisotopic (exact) mass is 318 g/mol. The minimum atomic E-state index is -0.491. The fourth-order valence-corrected chi connectivity index (χ4v) is 3.00. The molecule has 2 rings (SSSR count). The number of benzene rings is 1. The number of nitrogens with zero attached hydrogens (tertiary/aromatic N) is 1. The van der Waals surface area contributed by atoms with Gasteiger partial charge in [0.2, 0.25) is 5.91 Å². The molecule has 1 aromatic carbocycles. The van der Waals surface area contributed by atoms with Crippen LogP contribution in [0, 0.1) is 0 Å². The van der Waals surface area contributed by atoms with E-state index in [1.165, 1.54) is 5.56 Å². The molecule has 1 aromatic rings. The number of rotatable bonds is 4. The number of carbonyl (C=O) groups is 1. The summed E-state index contributed by atoms with van der Waals surface area (Å²) in [5.41, 5.74) is 2.36. The summed E-state index contributed by atoms with van der Waals surface area (Å²) in [7, 11) is 0. The van der Waals surface area contributed by atoms with Crippen molar-refractivity contribution >= 4 is 5.91 Å². The van der Waals surface area contributed by atoms with Crippen LogP contribution in [0.5, 0.6) is 0 Å². The van der Waals surface area contributed by atoms with Crippen LogP contribution < -0.4 is 5.32 Å². The minimum Gasteiger partial charge on any atom is -0.387 e. The smallest absolute Gasteiger partial charge is 0.219 e. The summed E-state index contributed by atoms with van der Waals surface area (Å²) in [5.74, 6) is 0.155. The number of nitrogens with one attached hydrogen (secondary N) is 1. The molecule has 1 aliphatic heterocycles. The summed E-state index contributed by atoms with van der Waals surface area (Å²) in [6.45, 7) is 10.4. The molecular weight excluding hydrogens is 288 g/mol. The molecule has 0 aliphatic carbocycles. The van der Waals surface area contributed by atoms with Gasteiger partial charge in [-0.3, -0.25) is 4.79 Å².